The van der Waals surface area contributed by atoms with Crippen LogP contribution in [0.5, 0.6) is 5.75 Å². The van der Waals surface area contributed by atoms with Crippen LogP contribution >= 0.6 is 0 Å². The van der Waals surface area contributed by atoms with Crippen LogP contribution in [0.2, 0.25) is 0 Å². The van der Waals surface area contributed by atoms with Crippen LogP contribution in [-0.2, 0) is 11.3 Å². The van der Waals surface area contributed by atoms with E-state index in [4.69, 9.17) is 9.47 Å². The number of hydrogen-bond acceptors (Lipinski definition) is 4. The van der Waals surface area contributed by atoms with Crippen molar-refractivity contribution in [1.29, 1.82) is 0 Å². The zero-order chi connectivity index (χ0) is 20.6. The minimum Gasteiger partial charge on any atom is -0.493 e. The number of hydrogen-bond donors (Lipinski definition) is 3. The molecule has 0 aliphatic heterocycles. The largest absolute Gasteiger partial charge is 0.493 e. The van der Waals surface area contributed by atoms with Gasteiger partial charge in [-0.3, -0.25) is 4.99 Å². The van der Waals surface area contributed by atoms with Crippen LogP contribution in [0.25, 0.3) is 0 Å². The van der Waals surface area contributed by atoms with Gasteiger partial charge < -0.3 is 25.4 Å². The molecule has 0 saturated heterocycles. The molecule has 1 aromatic rings. The second-order valence-electron chi connectivity index (χ2n) is 7.98. The Hall–Kier alpha value is -2.44. The fourth-order valence-electron chi connectivity index (χ4n) is 3.20. The van der Waals surface area contributed by atoms with Crippen LogP contribution < -0.4 is 20.7 Å². The molecule has 160 valence electrons. The highest BCUT2D eigenvalue weighted by molar-refractivity contribution is 5.79. The lowest BCUT2D eigenvalue weighted by Gasteiger charge is -2.20. The van der Waals surface area contributed by atoms with Gasteiger partial charge in [-0.2, -0.15) is 0 Å². The number of benzene rings is 1. The zero-order valence-corrected chi connectivity index (χ0v) is 17.8. The number of alkyl carbamates (subject to hydrolysis) is 1. The smallest absolute Gasteiger partial charge is 0.407 e. The van der Waals surface area contributed by atoms with Crippen molar-refractivity contribution in [2.24, 2.45) is 16.8 Å². The second-order valence-corrected chi connectivity index (χ2v) is 7.98. The molecule has 2 aliphatic carbocycles. The molecule has 2 saturated carbocycles. The van der Waals surface area contributed by atoms with E-state index in [0.29, 0.717) is 31.6 Å². The molecule has 1 unspecified atom stereocenters. The molecule has 3 N–H and O–H groups in total. The Morgan fingerprint density at radius 2 is 2.03 bits per heavy atom. The van der Waals surface area contributed by atoms with Crippen LogP contribution in [0.15, 0.2) is 23.2 Å². The Kier molecular flexibility index (Phi) is 7.61. The van der Waals surface area contributed by atoms with Crippen molar-refractivity contribution >= 4 is 12.1 Å². The average molecular weight is 403 g/mol. The van der Waals surface area contributed by atoms with Gasteiger partial charge >= 0.3 is 6.09 Å². The summed E-state index contributed by atoms with van der Waals surface area (Å²) in [4.78, 5) is 16.1. The van der Waals surface area contributed by atoms with Crippen molar-refractivity contribution in [1.82, 2.24) is 16.0 Å². The van der Waals surface area contributed by atoms with Crippen molar-refractivity contribution < 1.29 is 14.3 Å². The molecule has 2 aliphatic rings. The fourth-order valence-corrected chi connectivity index (χ4v) is 3.20. The molecule has 0 bridgehead atoms. The predicted octanol–water partition coefficient (Wildman–Crippen LogP) is 2.97. The van der Waals surface area contributed by atoms with Gasteiger partial charge in [0.2, 0.25) is 0 Å². The van der Waals surface area contributed by atoms with Gasteiger partial charge in [0, 0.05) is 25.7 Å². The minimum absolute atomic E-state index is 0.0458. The number of ether oxygens (including phenoxy) is 2. The lowest BCUT2D eigenvalue weighted by Crippen LogP contribution is -2.48. The summed E-state index contributed by atoms with van der Waals surface area (Å²) in [6.45, 7) is 6.30. The van der Waals surface area contributed by atoms with Gasteiger partial charge in [-0.1, -0.05) is 12.1 Å². The lowest BCUT2D eigenvalue weighted by atomic mass is 10.1. The maximum atomic E-state index is 11.8. The van der Waals surface area contributed by atoms with E-state index in [1.54, 1.807) is 7.05 Å². The van der Waals surface area contributed by atoms with Crippen LogP contribution in [0.1, 0.15) is 43.7 Å². The molecule has 0 radical (unpaired) electrons. The van der Waals surface area contributed by atoms with Crippen LogP contribution in [0.3, 0.4) is 0 Å². The molecule has 1 atom stereocenters. The maximum Gasteiger partial charge on any atom is 0.407 e. The van der Waals surface area contributed by atoms with Gasteiger partial charge in [0.25, 0.3) is 0 Å². The van der Waals surface area contributed by atoms with Crippen molar-refractivity contribution in [3.05, 3.63) is 29.3 Å². The van der Waals surface area contributed by atoms with E-state index < -0.39 is 0 Å². The summed E-state index contributed by atoms with van der Waals surface area (Å²) in [6.07, 6.45) is 4.47. The fraction of sp³-hybridized carbons (Fsp3) is 0.636. The minimum atomic E-state index is -0.355. The SMILES string of the molecule is CCOC(=O)NC(CNC(=NC)NCc1ccc(C)cc1OCC1CC1)C1CC1. The first kappa shape index (κ1) is 21.3. The Labute approximate surface area is 173 Å². The summed E-state index contributed by atoms with van der Waals surface area (Å²) >= 11 is 0. The Bertz CT molecular complexity index is 714. The van der Waals surface area contributed by atoms with Crippen LogP contribution in [-0.4, -0.2) is 44.9 Å². The molecule has 7 nitrogen and oxygen atoms in total. The third-order valence-electron chi connectivity index (χ3n) is 5.32. The normalized spacial score (nSPS) is 17.4. The Balaban J connectivity index is 1.50. The molecule has 0 spiro atoms. The van der Waals surface area contributed by atoms with Crippen molar-refractivity contribution in [3.63, 3.8) is 0 Å². The van der Waals surface area contributed by atoms with Gasteiger partial charge in [0.05, 0.1) is 19.3 Å². The Morgan fingerprint density at radius 3 is 2.69 bits per heavy atom. The van der Waals surface area contributed by atoms with E-state index in [1.165, 1.54) is 18.4 Å². The van der Waals surface area contributed by atoms with E-state index in [0.717, 1.165) is 36.7 Å². The monoisotopic (exact) mass is 402 g/mol. The number of amides is 1. The number of guanidine groups is 1. The topological polar surface area (TPSA) is 84.0 Å². The molecular weight excluding hydrogens is 368 g/mol. The summed E-state index contributed by atoms with van der Waals surface area (Å²) in [6, 6.07) is 6.35. The van der Waals surface area contributed by atoms with E-state index in [-0.39, 0.29) is 12.1 Å². The number of rotatable bonds is 10. The summed E-state index contributed by atoms with van der Waals surface area (Å²) in [5.41, 5.74) is 2.31. The summed E-state index contributed by atoms with van der Waals surface area (Å²) < 4.78 is 11.1. The number of carbonyl (C=O) groups excluding carboxylic acids is 1. The van der Waals surface area contributed by atoms with E-state index in [9.17, 15) is 4.79 Å². The third-order valence-corrected chi connectivity index (χ3v) is 5.32. The van der Waals surface area contributed by atoms with Crippen LogP contribution in [0, 0.1) is 18.8 Å². The highest BCUT2D eigenvalue weighted by Crippen LogP contribution is 2.32. The quantitative estimate of drug-likeness (QED) is 0.414. The molecule has 0 heterocycles. The number of aryl methyl sites for hydroxylation is 1. The lowest BCUT2D eigenvalue weighted by molar-refractivity contribution is 0.146. The zero-order valence-electron chi connectivity index (χ0n) is 17.8. The second kappa shape index (κ2) is 10.4. The number of aliphatic imine (C=N–C) groups is 1. The molecular formula is C22H34N4O3. The third kappa shape index (κ3) is 7.15. The van der Waals surface area contributed by atoms with Gasteiger partial charge in [-0.15, -0.1) is 0 Å². The average Bonchev–Trinajstić information content (AvgIpc) is 3.61. The molecule has 7 heteroatoms. The molecule has 29 heavy (non-hydrogen) atoms. The van der Waals surface area contributed by atoms with Gasteiger partial charge in [0.1, 0.15) is 5.75 Å². The molecule has 1 amide bonds. The van der Waals surface area contributed by atoms with Gasteiger partial charge in [0.15, 0.2) is 5.96 Å². The first-order valence-electron chi connectivity index (χ1n) is 10.7. The first-order valence-corrected chi connectivity index (χ1v) is 10.7. The van der Waals surface area contributed by atoms with Gasteiger partial charge in [-0.25, -0.2) is 4.79 Å². The number of nitrogens with zero attached hydrogens (tertiary/aromatic N) is 1. The maximum absolute atomic E-state index is 11.8. The van der Waals surface area contributed by atoms with Crippen molar-refractivity contribution in [2.75, 3.05) is 26.8 Å². The van der Waals surface area contributed by atoms with Gasteiger partial charge in [-0.05, 0) is 63.0 Å². The van der Waals surface area contributed by atoms with Crippen molar-refractivity contribution in [3.8, 4) is 5.75 Å². The standard InChI is InChI=1S/C22H34N4O3/c1-4-28-22(27)26-19(17-9-10-17)13-25-21(23-3)24-12-18-8-5-15(2)11-20(18)29-14-16-6-7-16/h5,8,11,16-17,19H,4,6-7,9-10,12-14H2,1-3H3,(H,26,27)(H2,23,24,25). The van der Waals surface area contributed by atoms with Crippen molar-refractivity contribution in [2.45, 2.75) is 52.1 Å². The van der Waals surface area contributed by atoms with E-state index in [2.05, 4.69) is 46.1 Å². The molecule has 0 aromatic heterocycles. The van der Waals surface area contributed by atoms with E-state index >= 15 is 0 Å². The summed E-state index contributed by atoms with van der Waals surface area (Å²) in [5, 5.41) is 9.64. The number of nitrogens with one attached hydrogen (secondary N) is 3. The summed E-state index contributed by atoms with van der Waals surface area (Å²) in [7, 11) is 1.75. The molecule has 2 fully saturated rings. The number of carbonyl (C=O) groups is 1. The van der Waals surface area contributed by atoms with E-state index in [1.807, 2.05) is 6.92 Å². The van der Waals surface area contributed by atoms with Crippen LogP contribution in [0.4, 0.5) is 4.79 Å². The summed E-state index contributed by atoms with van der Waals surface area (Å²) in [5.74, 6) is 2.87. The highest BCUT2D eigenvalue weighted by Gasteiger charge is 2.32. The predicted molar refractivity (Wildman–Crippen MR) is 114 cm³/mol. The molecule has 3 rings (SSSR count). The highest BCUT2D eigenvalue weighted by atomic mass is 16.5. The Morgan fingerprint density at radius 1 is 1.24 bits per heavy atom. The molecule has 1 aromatic carbocycles. The first-order chi connectivity index (χ1) is 14.1.